The van der Waals surface area contributed by atoms with Crippen molar-refractivity contribution in [1.29, 1.82) is 0 Å². The van der Waals surface area contributed by atoms with Crippen molar-refractivity contribution in [3.8, 4) is 5.75 Å². The van der Waals surface area contributed by atoms with Gasteiger partial charge in [-0.25, -0.2) is 0 Å². The minimum absolute atomic E-state index is 0.0891. The Morgan fingerprint density at radius 3 is 2.70 bits per heavy atom. The van der Waals surface area contributed by atoms with Gasteiger partial charge < -0.3 is 19.5 Å². The Balaban J connectivity index is 1.55. The molecule has 0 aromatic heterocycles. The van der Waals surface area contributed by atoms with E-state index in [1.165, 1.54) is 17.3 Å². The summed E-state index contributed by atoms with van der Waals surface area (Å²) in [5.41, 5.74) is 1.05. The van der Waals surface area contributed by atoms with Crippen molar-refractivity contribution in [3.05, 3.63) is 23.8 Å². The molecule has 6 heteroatoms. The van der Waals surface area contributed by atoms with Crippen molar-refractivity contribution < 1.29 is 19.4 Å². The number of hydrogen-bond acceptors (Lipinski definition) is 6. The van der Waals surface area contributed by atoms with Crippen LogP contribution in [0.5, 0.6) is 5.75 Å². The summed E-state index contributed by atoms with van der Waals surface area (Å²) in [5, 5.41) is 10.1. The quantitative estimate of drug-likeness (QED) is 0.610. The molecule has 0 saturated carbocycles. The van der Waals surface area contributed by atoms with Crippen molar-refractivity contribution in [2.24, 2.45) is 0 Å². The minimum atomic E-state index is -0.714. The molecule has 2 aliphatic rings. The van der Waals surface area contributed by atoms with E-state index in [0.717, 1.165) is 49.7 Å². The topological polar surface area (TPSA) is 59.0 Å². The second kappa shape index (κ2) is 8.11. The summed E-state index contributed by atoms with van der Waals surface area (Å²) in [6.45, 7) is 11.0. The van der Waals surface area contributed by atoms with Crippen LogP contribution in [0, 0.1) is 0 Å². The van der Waals surface area contributed by atoms with E-state index in [-0.39, 0.29) is 16.1 Å². The Hall–Kier alpha value is -1.08. The number of aliphatic hydroxyl groups excluding tert-OH is 1. The van der Waals surface area contributed by atoms with E-state index < -0.39 is 6.29 Å². The van der Waals surface area contributed by atoms with Crippen LogP contribution in [0.15, 0.2) is 23.1 Å². The second-order valence-corrected chi connectivity index (χ2v) is 9.89. The predicted octanol–water partition coefficient (Wildman–Crippen LogP) is 3.57. The Morgan fingerprint density at radius 2 is 2.07 bits per heavy atom. The number of benzene rings is 1. The SMILES string of the molecule is CC(=O)Sc1ccc2c(c1)OCC21CCN(CCC(O)OC(C)(C)C)CC1. The zero-order chi connectivity index (χ0) is 19.7. The summed E-state index contributed by atoms with van der Waals surface area (Å²) in [4.78, 5) is 14.7. The maximum atomic E-state index is 11.3. The molecule has 0 aliphatic carbocycles. The molecule has 1 unspecified atom stereocenters. The smallest absolute Gasteiger partial charge is 0.190 e. The highest BCUT2D eigenvalue weighted by Gasteiger charge is 2.43. The molecule has 1 saturated heterocycles. The van der Waals surface area contributed by atoms with Gasteiger partial charge in [-0.2, -0.15) is 0 Å². The molecule has 1 N–H and O–H groups in total. The van der Waals surface area contributed by atoms with Crippen molar-refractivity contribution in [3.63, 3.8) is 0 Å². The third-order valence-corrected chi connectivity index (χ3v) is 6.06. The van der Waals surface area contributed by atoms with E-state index in [2.05, 4.69) is 11.0 Å². The lowest BCUT2D eigenvalue weighted by molar-refractivity contribution is -0.170. The minimum Gasteiger partial charge on any atom is -0.492 e. The maximum absolute atomic E-state index is 11.3. The van der Waals surface area contributed by atoms with Crippen LogP contribution in [0.1, 0.15) is 52.5 Å². The van der Waals surface area contributed by atoms with Crippen molar-refractivity contribution >= 4 is 16.9 Å². The van der Waals surface area contributed by atoms with Gasteiger partial charge in [-0.3, -0.25) is 4.79 Å². The largest absolute Gasteiger partial charge is 0.492 e. The fraction of sp³-hybridized carbons (Fsp3) is 0.667. The first-order valence-electron chi connectivity index (χ1n) is 9.71. The standard InChI is InChI=1S/C21H31NO4S/c1-15(23)27-16-5-6-17-18(13-16)25-14-21(17)8-11-22(12-9-21)10-7-19(24)26-20(2,3)4/h5-6,13,19,24H,7-12,14H2,1-4H3. The third kappa shape index (κ3) is 5.25. The van der Waals surface area contributed by atoms with E-state index in [9.17, 15) is 9.90 Å². The molecule has 150 valence electrons. The number of carbonyl (C=O) groups excluding carboxylic acids is 1. The fourth-order valence-corrected chi connectivity index (χ4v) is 4.60. The Morgan fingerprint density at radius 1 is 1.37 bits per heavy atom. The summed E-state index contributed by atoms with van der Waals surface area (Å²) in [6.07, 6.45) is 2.02. The van der Waals surface area contributed by atoms with Gasteiger partial charge in [0.25, 0.3) is 0 Å². The van der Waals surface area contributed by atoms with Gasteiger partial charge in [0, 0.05) is 35.8 Å². The number of aliphatic hydroxyl groups is 1. The molecule has 2 aliphatic heterocycles. The molecule has 1 atom stereocenters. The molecule has 27 heavy (non-hydrogen) atoms. The lowest BCUT2D eigenvalue weighted by Gasteiger charge is -2.39. The molecule has 5 nitrogen and oxygen atoms in total. The van der Waals surface area contributed by atoms with Gasteiger partial charge in [0.05, 0.1) is 12.2 Å². The number of carbonyl (C=O) groups is 1. The molecular weight excluding hydrogens is 362 g/mol. The molecule has 1 fully saturated rings. The van der Waals surface area contributed by atoms with Crippen LogP contribution >= 0.6 is 11.8 Å². The first-order valence-corrected chi connectivity index (χ1v) is 10.5. The average Bonchev–Trinajstić information content (AvgIpc) is 2.90. The molecule has 0 bridgehead atoms. The van der Waals surface area contributed by atoms with Gasteiger partial charge in [0.1, 0.15) is 5.75 Å². The Kier molecular flexibility index (Phi) is 6.21. The molecular formula is C21H31NO4S. The van der Waals surface area contributed by atoms with Crippen LogP contribution < -0.4 is 4.74 Å². The number of rotatable bonds is 5. The molecule has 2 heterocycles. The summed E-state index contributed by atoms with van der Waals surface area (Å²) < 4.78 is 11.6. The lowest BCUT2D eigenvalue weighted by Crippen LogP contribution is -2.44. The fourth-order valence-electron chi connectivity index (χ4n) is 3.96. The molecule has 0 amide bonds. The van der Waals surface area contributed by atoms with Gasteiger partial charge in [-0.05, 0) is 58.8 Å². The van der Waals surface area contributed by atoms with Crippen LogP contribution in [0.25, 0.3) is 0 Å². The number of hydrogen-bond donors (Lipinski definition) is 1. The van der Waals surface area contributed by atoms with Crippen LogP contribution in [0.4, 0.5) is 0 Å². The van der Waals surface area contributed by atoms with E-state index in [0.29, 0.717) is 6.42 Å². The van der Waals surface area contributed by atoms with Crippen molar-refractivity contribution in [2.45, 2.75) is 69.2 Å². The van der Waals surface area contributed by atoms with Crippen LogP contribution in [0.2, 0.25) is 0 Å². The normalized spacial score (nSPS) is 20.3. The number of fused-ring (bicyclic) bond motifs is 2. The number of piperidine rings is 1. The van der Waals surface area contributed by atoms with Gasteiger partial charge in [0.15, 0.2) is 11.4 Å². The summed E-state index contributed by atoms with van der Waals surface area (Å²) in [7, 11) is 0. The van der Waals surface area contributed by atoms with Crippen molar-refractivity contribution in [1.82, 2.24) is 4.90 Å². The highest BCUT2D eigenvalue weighted by atomic mass is 32.2. The number of ether oxygens (including phenoxy) is 2. The van der Waals surface area contributed by atoms with Crippen LogP contribution in [-0.2, 0) is 14.9 Å². The molecule has 1 aromatic rings. The first kappa shape index (κ1) is 20.6. The van der Waals surface area contributed by atoms with E-state index >= 15 is 0 Å². The van der Waals surface area contributed by atoms with Crippen LogP contribution in [-0.4, -0.2) is 53.3 Å². The predicted molar refractivity (Wildman–Crippen MR) is 107 cm³/mol. The molecule has 1 aromatic carbocycles. The van der Waals surface area contributed by atoms with E-state index in [4.69, 9.17) is 9.47 Å². The first-order chi connectivity index (χ1) is 12.7. The third-order valence-electron chi connectivity index (χ3n) is 5.29. The van der Waals surface area contributed by atoms with E-state index in [1.54, 1.807) is 6.92 Å². The highest BCUT2D eigenvalue weighted by Crippen LogP contribution is 2.46. The van der Waals surface area contributed by atoms with Gasteiger partial charge in [0.2, 0.25) is 0 Å². The summed E-state index contributed by atoms with van der Waals surface area (Å²) in [5.74, 6) is 0.934. The average molecular weight is 394 g/mol. The molecule has 0 radical (unpaired) electrons. The van der Waals surface area contributed by atoms with Gasteiger partial charge in [-0.1, -0.05) is 17.8 Å². The van der Waals surface area contributed by atoms with Gasteiger partial charge in [-0.15, -0.1) is 0 Å². The Labute approximate surface area is 166 Å². The number of likely N-dealkylation sites (tertiary alicyclic amines) is 1. The number of nitrogens with zero attached hydrogens (tertiary/aromatic N) is 1. The summed E-state index contributed by atoms with van der Waals surface area (Å²) >= 11 is 1.25. The second-order valence-electron chi connectivity index (χ2n) is 8.64. The van der Waals surface area contributed by atoms with E-state index in [1.807, 2.05) is 32.9 Å². The molecule has 1 spiro atoms. The highest BCUT2D eigenvalue weighted by molar-refractivity contribution is 8.13. The van der Waals surface area contributed by atoms with Crippen LogP contribution in [0.3, 0.4) is 0 Å². The monoisotopic (exact) mass is 393 g/mol. The zero-order valence-electron chi connectivity index (χ0n) is 16.8. The zero-order valence-corrected chi connectivity index (χ0v) is 17.6. The Bertz CT molecular complexity index is 677. The van der Waals surface area contributed by atoms with Crippen molar-refractivity contribution in [2.75, 3.05) is 26.2 Å². The number of thioether (sulfide) groups is 1. The maximum Gasteiger partial charge on any atom is 0.190 e. The summed E-state index contributed by atoms with van der Waals surface area (Å²) in [6, 6.07) is 6.18. The lowest BCUT2D eigenvalue weighted by atomic mass is 9.74. The van der Waals surface area contributed by atoms with Gasteiger partial charge >= 0.3 is 0 Å². The molecule has 3 rings (SSSR count).